The van der Waals surface area contributed by atoms with Crippen molar-refractivity contribution in [3.63, 3.8) is 0 Å². The molecule has 0 radical (unpaired) electrons. The van der Waals surface area contributed by atoms with Gasteiger partial charge in [0.05, 0.1) is 16.8 Å². The van der Waals surface area contributed by atoms with Crippen LogP contribution in [0.2, 0.25) is 0 Å². The molecule has 1 aliphatic rings. The predicted molar refractivity (Wildman–Crippen MR) is 165 cm³/mol. The number of allylic oxidation sites excluding steroid dienone is 1. The normalized spacial score (nSPS) is 13.9. The number of nitrogens with zero attached hydrogens (tertiary/aromatic N) is 7. The van der Waals surface area contributed by atoms with Gasteiger partial charge in [0, 0.05) is 31.7 Å². The zero-order valence-electron chi connectivity index (χ0n) is 25.7. The van der Waals surface area contributed by atoms with Crippen LogP contribution in [0.4, 0.5) is 19.4 Å². The summed E-state index contributed by atoms with van der Waals surface area (Å²) in [5, 5.41) is 0.235. The average Bonchev–Trinajstić information content (AvgIpc) is 2.96. The maximum Gasteiger partial charge on any atom is 0.410 e. The van der Waals surface area contributed by atoms with E-state index in [-0.39, 0.29) is 34.0 Å². The summed E-state index contributed by atoms with van der Waals surface area (Å²) < 4.78 is 37.5. The van der Waals surface area contributed by atoms with Crippen LogP contribution in [0, 0.1) is 11.6 Å². The molecule has 0 aliphatic carbocycles. The molecule has 1 aliphatic heterocycles. The first-order chi connectivity index (χ1) is 20.8. The highest BCUT2D eigenvalue weighted by Gasteiger charge is 2.30. The van der Waals surface area contributed by atoms with E-state index in [4.69, 9.17) is 4.74 Å². The number of ether oxygens (including phenoxy) is 1. The Morgan fingerprint density at radius 3 is 2.32 bits per heavy atom. The van der Waals surface area contributed by atoms with E-state index in [9.17, 15) is 14.0 Å². The molecule has 1 aromatic carbocycles. The Labute approximate surface area is 254 Å². The number of aromatic nitrogens is 5. The number of pyridine rings is 1. The minimum Gasteiger partial charge on any atom is -0.444 e. The minimum absolute atomic E-state index is 0.0521. The standard InChI is InChI=1S/C32H35F2N7O3/c1-18(2)24-27(25(19(3)4)36-17-35-24)41-29-21(16-23(34)26(37-29)20-10-8-9-11-22(20)33)28(38-30(41)42)39-12-14-40(15-13-39)31(43)44-32(5,6)7/h8-11,16-17,19H,1,12-15H2,2-7H3. The molecule has 0 bridgehead atoms. The third-order valence-corrected chi connectivity index (χ3v) is 7.19. The van der Waals surface area contributed by atoms with Crippen molar-refractivity contribution in [2.24, 2.45) is 0 Å². The van der Waals surface area contributed by atoms with Crippen molar-refractivity contribution in [3.05, 3.63) is 76.7 Å². The number of halogens is 2. The van der Waals surface area contributed by atoms with E-state index >= 15 is 4.39 Å². The third-order valence-electron chi connectivity index (χ3n) is 7.19. The fourth-order valence-corrected chi connectivity index (χ4v) is 5.17. The van der Waals surface area contributed by atoms with E-state index < -0.39 is 29.0 Å². The maximum absolute atomic E-state index is 15.8. The van der Waals surface area contributed by atoms with Crippen LogP contribution in [0.3, 0.4) is 0 Å². The molecule has 1 amide bonds. The number of fused-ring (bicyclic) bond motifs is 1. The fraction of sp³-hybridized carbons (Fsp3) is 0.375. The van der Waals surface area contributed by atoms with E-state index in [1.54, 1.807) is 38.7 Å². The largest absolute Gasteiger partial charge is 0.444 e. The number of amides is 1. The Bertz CT molecular complexity index is 1820. The quantitative estimate of drug-likeness (QED) is 0.285. The molecular weight excluding hydrogens is 568 g/mol. The van der Waals surface area contributed by atoms with Gasteiger partial charge in [0.15, 0.2) is 5.65 Å². The molecule has 44 heavy (non-hydrogen) atoms. The molecule has 0 atom stereocenters. The minimum atomic E-state index is -0.781. The Morgan fingerprint density at radius 2 is 1.70 bits per heavy atom. The van der Waals surface area contributed by atoms with E-state index in [2.05, 4.69) is 26.5 Å². The summed E-state index contributed by atoms with van der Waals surface area (Å²) in [6.45, 7) is 16.2. The summed E-state index contributed by atoms with van der Waals surface area (Å²) >= 11 is 0. The number of anilines is 1. The Balaban J connectivity index is 1.73. The van der Waals surface area contributed by atoms with Crippen molar-refractivity contribution in [2.45, 2.75) is 53.1 Å². The lowest BCUT2D eigenvalue weighted by Crippen LogP contribution is -2.50. The SMILES string of the molecule is C=C(C)c1ncnc(C(C)C)c1-n1c(=O)nc(N2CCN(C(=O)OC(C)(C)C)CC2)c2cc(F)c(-c3ccccc3F)nc21. The first-order valence-corrected chi connectivity index (χ1v) is 14.4. The number of hydrogen-bond acceptors (Lipinski definition) is 8. The van der Waals surface area contributed by atoms with Gasteiger partial charge in [0.2, 0.25) is 0 Å². The molecule has 4 aromatic rings. The molecular formula is C32H35F2N7O3. The molecule has 4 heterocycles. The zero-order chi connectivity index (χ0) is 31.9. The van der Waals surface area contributed by atoms with Gasteiger partial charge >= 0.3 is 11.8 Å². The maximum atomic E-state index is 15.8. The lowest BCUT2D eigenvalue weighted by Gasteiger charge is -2.36. The fourth-order valence-electron chi connectivity index (χ4n) is 5.17. The van der Waals surface area contributed by atoms with Crippen LogP contribution in [0.15, 0.2) is 48.0 Å². The lowest BCUT2D eigenvalue weighted by atomic mass is 10.0. The van der Waals surface area contributed by atoms with Crippen molar-refractivity contribution < 1.29 is 18.3 Å². The third kappa shape index (κ3) is 5.88. The van der Waals surface area contributed by atoms with Crippen molar-refractivity contribution >= 4 is 28.5 Å². The molecule has 0 spiro atoms. The average molecular weight is 604 g/mol. The summed E-state index contributed by atoms with van der Waals surface area (Å²) in [4.78, 5) is 47.9. The van der Waals surface area contributed by atoms with Crippen LogP contribution in [-0.4, -0.2) is 67.3 Å². The molecule has 3 aromatic heterocycles. The number of benzene rings is 1. The van der Waals surface area contributed by atoms with Gasteiger partial charge in [0.25, 0.3) is 0 Å². The molecule has 0 saturated carbocycles. The topological polar surface area (TPSA) is 106 Å². The summed E-state index contributed by atoms with van der Waals surface area (Å²) in [6, 6.07) is 6.96. The van der Waals surface area contributed by atoms with Crippen molar-refractivity contribution in [2.75, 3.05) is 31.1 Å². The first kappa shape index (κ1) is 30.7. The van der Waals surface area contributed by atoms with Crippen LogP contribution in [0.1, 0.15) is 58.8 Å². The Kier molecular flexibility index (Phi) is 8.19. The summed E-state index contributed by atoms with van der Waals surface area (Å²) in [7, 11) is 0. The second kappa shape index (κ2) is 11.7. The molecule has 10 nitrogen and oxygen atoms in total. The lowest BCUT2D eigenvalue weighted by molar-refractivity contribution is 0.0240. The van der Waals surface area contributed by atoms with Crippen LogP contribution >= 0.6 is 0 Å². The highest BCUT2D eigenvalue weighted by Crippen LogP contribution is 2.34. The van der Waals surface area contributed by atoms with Gasteiger partial charge in [-0.05, 0) is 57.4 Å². The first-order valence-electron chi connectivity index (χ1n) is 14.4. The van der Waals surface area contributed by atoms with Crippen LogP contribution in [0.5, 0.6) is 0 Å². The Morgan fingerprint density at radius 1 is 1.02 bits per heavy atom. The predicted octanol–water partition coefficient (Wildman–Crippen LogP) is 5.73. The van der Waals surface area contributed by atoms with Crippen molar-refractivity contribution in [3.8, 4) is 16.9 Å². The molecule has 1 fully saturated rings. The number of hydrogen-bond donors (Lipinski definition) is 0. The molecule has 230 valence electrons. The number of piperazine rings is 1. The molecule has 5 rings (SSSR count). The van der Waals surface area contributed by atoms with Crippen LogP contribution < -0.4 is 10.6 Å². The van der Waals surface area contributed by atoms with Gasteiger partial charge < -0.3 is 14.5 Å². The summed E-state index contributed by atoms with van der Waals surface area (Å²) in [5.74, 6) is -1.37. The number of carbonyl (C=O) groups excluding carboxylic acids is 1. The molecule has 0 unspecified atom stereocenters. The van der Waals surface area contributed by atoms with Gasteiger partial charge in [-0.15, -0.1) is 0 Å². The van der Waals surface area contributed by atoms with Gasteiger partial charge in [-0.1, -0.05) is 32.6 Å². The van der Waals surface area contributed by atoms with E-state index in [1.165, 1.54) is 35.2 Å². The second-order valence-electron chi connectivity index (χ2n) is 12.1. The monoisotopic (exact) mass is 603 g/mol. The smallest absolute Gasteiger partial charge is 0.410 e. The van der Waals surface area contributed by atoms with Crippen molar-refractivity contribution in [1.82, 2.24) is 29.4 Å². The second-order valence-corrected chi connectivity index (χ2v) is 12.1. The van der Waals surface area contributed by atoms with Crippen molar-refractivity contribution in [1.29, 1.82) is 0 Å². The zero-order valence-corrected chi connectivity index (χ0v) is 25.7. The summed E-state index contributed by atoms with van der Waals surface area (Å²) in [5.41, 5.74) is 0.272. The van der Waals surface area contributed by atoms with Gasteiger partial charge in [0.1, 0.15) is 40.8 Å². The summed E-state index contributed by atoms with van der Waals surface area (Å²) in [6.07, 6.45) is 0.963. The van der Waals surface area contributed by atoms with Gasteiger partial charge in [-0.2, -0.15) is 4.98 Å². The van der Waals surface area contributed by atoms with E-state index in [0.717, 1.165) is 0 Å². The molecule has 12 heteroatoms. The highest BCUT2D eigenvalue weighted by atomic mass is 19.1. The number of rotatable bonds is 5. The van der Waals surface area contributed by atoms with Gasteiger partial charge in [-0.3, -0.25) is 0 Å². The van der Waals surface area contributed by atoms with E-state index in [1.807, 2.05) is 18.7 Å². The van der Waals surface area contributed by atoms with Crippen LogP contribution in [-0.2, 0) is 4.74 Å². The van der Waals surface area contributed by atoms with Crippen LogP contribution in [0.25, 0.3) is 33.6 Å². The molecule has 0 N–H and O–H groups in total. The Hall–Kier alpha value is -4.74. The number of carbonyl (C=O) groups is 1. The highest BCUT2D eigenvalue weighted by molar-refractivity contribution is 5.91. The van der Waals surface area contributed by atoms with Gasteiger partial charge in [-0.25, -0.2) is 37.9 Å². The molecule has 1 saturated heterocycles. The van der Waals surface area contributed by atoms with E-state index in [0.29, 0.717) is 48.8 Å².